The van der Waals surface area contributed by atoms with E-state index in [1.54, 1.807) is 18.3 Å². The second-order valence-electron chi connectivity index (χ2n) is 3.96. The summed E-state index contributed by atoms with van der Waals surface area (Å²) in [5, 5.41) is 8.89. The predicted octanol–water partition coefficient (Wildman–Crippen LogP) is 2.48. The van der Waals surface area contributed by atoms with Crippen molar-refractivity contribution in [1.29, 1.82) is 0 Å². The largest absolute Gasteiger partial charge is 0.478 e. The van der Waals surface area contributed by atoms with Crippen molar-refractivity contribution in [3.05, 3.63) is 47.4 Å². The molecule has 0 bridgehead atoms. The zero-order valence-electron chi connectivity index (χ0n) is 9.64. The molecule has 0 aliphatic rings. The van der Waals surface area contributed by atoms with Gasteiger partial charge in [-0.1, -0.05) is 6.07 Å². The van der Waals surface area contributed by atoms with Crippen LogP contribution in [-0.2, 0) is 0 Å². The molecule has 0 atom stereocenters. The SMILES string of the molecule is Cc1ccc(-c2cc(N)cc(C(=O)O)c2F)nc1. The molecule has 0 amide bonds. The molecule has 2 rings (SSSR count). The molecule has 3 N–H and O–H groups in total. The third-order valence-electron chi connectivity index (χ3n) is 2.51. The first-order valence-corrected chi connectivity index (χ1v) is 5.24. The Kier molecular flexibility index (Phi) is 2.97. The van der Waals surface area contributed by atoms with Gasteiger partial charge in [-0.15, -0.1) is 0 Å². The number of rotatable bonds is 2. The molecule has 0 aliphatic carbocycles. The lowest BCUT2D eigenvalue weighted by molar-refractivity contribution is 0.0692. The number of hydrogen-bond donors (Lipinski definition) is 2. The molecule has 1 aromatic carbocycles. The quantitative estimate of drug-likeness (QED) is 0.798. The summed E-state index contributed by atoms with van der Waals surface area (Å²) in [5.41, 5.74) is 6.69. The second-order valence-corrected chi connectivity index (χ2v) is 3.96. The molecular formula is C13H11FN2O2. The van der Waals surface area contributed by atoms with Gasteiger partial charge in [0, 0.05) is 17.4 Å². The summed E-state index contributed by atoms with van der Waals surface area (Å²) in [6.07, 6.45) is 1.58. The minimum absolute atomic E-state index is 0.0902. The van der Waals surface area contributed by atoms with Crippen LogP contribution in [0.25, 0.3) is 11.3 Å². The molecular weight excluding hydrogens is 235 g/mol. The monoisotopic (exact) mass is 246 g/mol. The van der Waals surface area contributed by atoms with E-state index >= 15 is 0 Å². The highest BCUT2D eigenvalue weighted by atomic mass is 19.1. The number of hydrogen-bond acceptors (Lipinski definition) is 3. The molecule has 0 radical (unpaired) electrons. The standard InChI is InChI=1S/C13H11FN2O2/c1-7-2-3-11(16-6-7)9-4-8(15)5-10(12(9)14)13(17)18/h2-6H,15H2,1H3,(H,17,18). The van der Waals surface area contributed by atoms with Gasteiger partial charge in [0.1, 0.15) is 5.82 Å². The van der Waals surface area contributed by atoms with Crippen LogP contribution in [0.3, 0.4) is 0 Å². The highest BCUT2D eigenvalue weighted by Crippen LogP contribution is 2.26. The smallest absolute Gasteiger partial charge is 0.338 e. The summed E-state index contributed by atoms with van der Waals surface area (Å²) in [7, 11) is 0. The van der Waals surface area contributed by atoms with Crippen LogP contribution >= 0.6 is 0 Å². The normalized spacial score (nSPS) is 10.3. The molecule has 92 valence electrons. The number of carbonyl (C=O) groups is 1. The fourth-order valence-corrected chi connectivity index (χ4v) is 1.62. The van der Waals surface area contributed by atoms with E-state index in [4.69, 9.17) is 10.8 Å². The van der Waals surface area contributed by atoms with Crippen LogP contribution < -0.4 is 5.73 Å². The maximum atomic E-state index is 14.0. The first kappa shape index (κ1) is 12.0. The number of halogens is 1. The Labute approximate surface area is 103 Å². The van der Waals surface area contributed by atoms with E-state index in [9.17, 15) is 9.18 Å². The number of carboxylic acid groups (broad SMARTS) is 1. The number of carboxylic acids is 1. The first-order chi connectivity index (χ1) is 8.49. The van der Waals surface area contributed by atoms with Gasteiger partial charge in [-0.2, -0.15) is 0 Å². The number of benzene rings is 1. The van der Waals surface area contributed by atoms with E-state index in [1.807, 2.05) is 6.92 Å². The highest BCUT2D eigenvalue weighted by molar-refractivity contribution is 5.91. The topological polar surface area (TPSA) is 76.2 Å². The van der Waals surface area contributed by atoms with Gasteiger partial charge < -0.3 is 10.8 Å². The predicted molar refractivity (Wildman–Crippen MR) is 65.7 cm³/mol. The lowest BCUT2D eigenvalue weighted by Crippen LogP contribution is -2.04. The summed E-state index contributed by atoms with van der Waals surface area (Å²) in [6, 6.07) is 5.86. The molecule has 0 aliphatic heterocycles. The van der Waals surface area contributed by atoms with Crippen LogP contribution in [0.5, 0.6) is 0 Å². The van der Waals surface area contributed by atoms with Crippen molar-refractivity contribution in [2.45, 2.75) is 6.92 Å². The van der Waals surface area contributed by atoms with Crippen molar-refractivity contribution < 1.29 is 14.3 Å². The van der Waals surface area contributed by atoms with Gasteiger partial charge in [-0.25, -0.2) is 9.18 Å². The van der Waals surface area contributed by atoms with Crippen molar-refractivity contribution in [3.8, 4) is 11.3 Å². The first-order valence-electron chi connectivity index (χ1n) is 5.24. The molecule has 0 fully saturated rings. The van der Waals surface area contributed by atoms with E-state index < -0.39 is 17.3 Å². The second kappa shape index (κ2) is 4.44. The van der Waals surface area contributed by atoms with Crippen molar-refractivity contribution in [2.24, 2.45) is 0 Å². The Hall–Kier alpha value is -2.43. The van der Waals surface area contributed by atoms with Gasteiger partial charge in [-0.05, 0) is 30.7 Å². The minimum atomic E-state index is -1.35. The maximum Gasteiger partial charge on any atom is 0.338 e. The number of aromatic carboxylic acids is 1. The average molecular weight is 246 g/mol. The molecule has 0 spiro atoms. The molecule has 1 aromatic heterocycles. The number of anilines is 1. The summed E-state index contributed by atoms with van der Waals surface area (Å²) >= 11 is 0. The van der Waals surface area contributed by atoms with E-state index in [0.29, 0.717) is 5.69 Å². The molecule has 4 nitrogen and oxygen atoms in total. The third kappa shape index (κ3) is 2.15. The van der Waals surface area contributed by atoms with Crippen LogP contribution in [0, 0.1) is 12.7 Å². The van der Waals surface area contributed by atoms with Gasteiger partial charge in [0.25, 0.3) is 0 Å². The summed E-state index contributed by atoms with van der Waals surface area (Å²) in [4.78, 5) is 15.0. The molecule has 2 aromatic rings. The van der Waals surface area contributed by atoms with Gasteiger partial charge in [0.05, 0.1) is 11.3 Å². The van der Waals surface area contributed by atoms with Crippen LogP contribution in [-0.4, -0.2) is 16.1 Å². The Morgan fingerprint density at radius 2 is 2.11 bits per heavy atom. The molecule has 18 heavy (non-hydrogen) atoms. The van der Waals surface area contributed by atoms with Crippen LogP contribution in [0.2, 0.25) is 0 Å². The van der Waals surface area contributed by atoms with Crippen molar-refractivity contribution in [2.75, 3.05) is 5.73 Å². The fraction of sp³-hybridized carbons (Fsp3) is 0.0769. The Bertz CT molecular complexity index is 609. The molecule has 1 heterocycles. The number of aromatic nitrogens is 1. The van der Waals surface area contributed by atoms with Gasteiger partial charge in [0.2, 0.25) is 0 Å². The number of nitrogens with two attached hydrogens (primary N) is 1. The van der Waals surface area contributed by atoms with Gasteiger partial charge in [-0.3, -0.25) is 4.98 Å². The van der Waals surface area contributed by atoms with Gasteiger partial charge in [0.15, 0.2) is 0 Å². The van der Waals surface area contributed by atoms with E-state index in [0.717, 1.165) is 11.6 Å². The summed E-state index contributed by atoms with van der Waals surface area (Å²) in [6.45, 7) is 1.86. The van der Waals surface area contributed by atoms with Crippen LogP contribution in [0.15, 0.2) is 30.5 Å². The Morgan fingerprint density at radius 1 is 1.39 bits per heavy atom. The molecule has 5 heteroatoms. The van der Waals surface area contributed by atoms with Crippen molar-refractivity contribution >= 4 is 11.7 Å². The van der Waals surface area contributed by atoms with E-state index in [1.165, 1.54) is 6.07 Å². The van der Waals surface area contributed by atoms with Crippen molar-refractivity contribution in [3.63, 3.8) is 0 Å². The maximum absolute atomic E-state index is 14.0. The summed E-state index contributed by atoms with van der Waals surface area (Å²) in [5.74, 6) is -2.18. The number of nitrogens with zero attached hydrogens (tertiary/aromatic N) is 1. The van der Waals surface area contributed by atoms with Crippen LogP contribution in [0.4, 0.5) is 10.1 Å². The Morgan fingerprint density at radius 3 is 2.67 bits per heavy atom. The number of nitrogen functional groups attached to an aromatic ring is 1. The zero-order chi connectivity index (χ0) is 13.3. The zero-order valence-corrected chi connectivity index (χ0v) is 9.64. The Balaban J connectivity index is 2.64. The van der Waals surface area contributed by atoms with E-state index in [2.05, 4.69) is 4.98 Å². The average Bonchev–Trinajstić information content (AvgIpc) is 2.32. The van der Waals surface area contributed by atoms with Crippen LogP contribution in [0.1, 0.15) is 15.9 Å². The molecule has 0 unspecified atom stereocenters. The minimum Gasteiger partial charge on any atom is -0.478 e. The van der Waals surface area contributed by atoms with E-state index in [-0.39, 0.29) is 11.3 Å². The number of aryl methyl sites for hydroxylation is 1. The lowest BCUT2D eigenvalue weighted by Gasteiger charge is -2.07. The lowest BCUT2D eigenvalue weighted by atomic mass is 10.0. The van der Waals surface area contributed by atoms with Crippen molar-refractivity contribution in [1.82, 2.24) is 4.98 Å². The molecule has 0 saturated heterocycles. The third-order valence-corrected chi connectivity index (χ3v) is 2.51. The highest BCUT2D eigenvalue weighted by Gasteiger charge is 2.17. The summed E-state index contributed by atoms with van der Waals surface area (Å²) < 4.78 is 14.0. The number of pyridine rings is 1. The fourth-order valence-electron chi connectivity index (χ4n) is 1.62. The van der Waals surface area contributed by atoms with Gasteiger partial charge >= 0.3 is 5.97 Å². The molecule has 0 saturated carbocycles.